The number of ether oxygens (including phenoxy) is 1. The van der Waals surface area contributed by atoms with Crippen molar-refractivity contribution in [3.63, 3.8) is 0 Å². The van der Waals surface area contributed by atoms with Gasteiger partial charge >= 0.3 is 0 Å². The SMILES string of the molecule is CCC(C)NC(=O)C(C)Oc1ccc(Br)nc1. The minimum Gasteiger partial charge on any atom is -0.479 e. The molecule has 1 aromatic heterocycles. The molecule has 0 fully saturated rings. The van der Waals surface area contributed by atoms with Gasteiger partial charge in [-0.05, 0) is 48.3 Å². The monoisotopic (exact) mass is 300 g/mol. The number of amides is 1. The van der Waals surface area contributed by atoms with E-state index < -0.39 is 6.10 Å². The molecular formula is C12H17BrN2O2. The van der Waals surface area contributed by atoms with Gasteiger partial charge in [0.1, 0.15) is 10.4 Å². The third-order valence-electron chi connectivity index (χ3n) is 2.38. The van der Waals surface area contributed by atoms with E-state index >= 15 is 0 Å². The van der Waals surface area contributed by atoms with Gasteiger partial charge in [-0.15, -0.1) is 0 Å². The zero-order valence-corrected chi connectivity index (χ0v) is 11.8. The van der Waals surface area contributed by atoms with Crippen molar-refractivity contribution in [3.8, 4) is 5.75 Å². The molecule has 1 heterocycles. The summed E-state index contributed by atoms with van der Waals surface area (Å²) in [6.07, 6.45) is 1.96. The number of halogens is 1. The fraction of sp³-hybridized carbons (Fsp3) is 0.500. The summed E-state index contributed by atoms with van der Waals surface area (Å²) in [4.78, 5) is 15.7. The fourth-order valence-corrected chi connectivity index (χ4v) is 1.39. The van der Waals surface area contributed by atoms with Gasteiger partial charge in [0, 0.05) is 6.04 Å². The second-order valence-corrected chi connectivity index (χ2v) is 4.71. The lowest BCUT2D eigenvalue weighted by atomic mass is 10.2. The Morgan fingerprint density at radius 3 is 2.76 bits per heavy atom. The van der Waals surface area contributed by atoms with Gasteiger partial charge < -0.3 is 10.1 Å². The Kier molecular flexibility index (Phi) is 5.41. The number of hydrogen-bond donors (Lipinski definition) is 1. The second kappa shape index (κ2) is 6.59. The highest BCUT2D eigenvalue weighted by molar-refractivity contribution is 9.10. The molecule has 0 aromatic carbocycles. The van der Waals surface area contributed by atoms with Crippen LogP contribution in [-0.2, 0) is 4.79 Å². The minimum absolute atomic E-state index is 0.109. The Hall–Kier alpha value is -1.10. The highest BCUT2D eigenvalue weighted by atomic mass is 79.9. The average molecular weight is 301 g/mol. The predicted molar refractivity (Wildman–Crippen MR) is 69.9 cm³/mol. The molecule has 0 bridgehead atoms. The van der Waals surface area contributed by atoms with E-state index in [2.05, 4.69) is 26.2 Å². The Labute approximate surface area is 110 Å². The Morgan fingerprint density at radius 1 is 1.53 bits per heavy atom. The molecular weight excluding hydrogens is 284 g/mol. The van der Waals surface area contributed by atoms with Gasteiger partial charge in [0.05, 0.1) is 6.20 Å². The molecule has 4 nitrogen and oxygen atoms in total. The van der Waals surface area contributed by atoms with Crippen molar-refractivity contribution < 1.29 is 9.53 Å². The van der Waals surface area contributed by atoms with Crippen LogP contribution in [0.1, 0.15) is 27.2 Å². The topological polar surface area (TPSA) is 51.2 Å². The largest absolute Gasteiger partial charge is 0.479 e. The third kappa shape index (κ3) is 4.73. The molecule has 2 unspecified atom stereocenters. The van der Waals surface area contributed by atoms with Crippen molar-refractivity contribution in [1.82, 2.24) is 10.3 Å². The van der Waals surface area contributed by atoms with Crippen LogP contribution in [-0.4, -0.2) is 23.0 Å². The quantitative estimate of drug-likeness (QED) is 0.850. The lowest BCUT2D eigenvalue weighted by Crippen LogP contribution is -2.40. The Bertz CT molecular complexity index is 367. The van der Waals surface area contributed by atoms with Gasteiger partial charge in [0.25, 0.3) is 5.91 Å². The number of nitrogens with zero attached hydrogens (tertiary/aromatic N) is 1. The summed E-state index contributed by atoms with van der Waals surface area (Å²) in [6, 6.07) is 3.70. The van der Waals surface area contributed by atoms with Gasteiger partial charge in [0.15, 0.2) is 6.10 Å². The Balaban J connectivity index is 2.51. The van der Waals surface area contributed by atoms with Crippen molar-refractivity contribution in [2.24, 2.45) is 0 Å². The van der Waals surface area contributed by atoms with Gasteiger partial charge in [0.2, 0.25) is 0 Å². The summed E-state index contributed by atoms with van der Waals surface area (Å²) in [5.74, 6) is 0.474. The molecule has 1 rings (SSSR count). The molecule has 1 N–H and O–H groups in total. The highest BCUT2D eigenvalue weighted by Gasteiger charge is 2.16. The van der Waals surface area contributed by atoms with Crippen molar-refractivity contribution >= 4 is 21.8 Å². The molecule has 0 spiro atoms. The summed E-state index contributed by atoms with van der Waals surface area (Å²) in [5, 5.41) is 2.87. The van der Waals surface area contributed by atoms with Crippen LogP contribution >= 0.6 is 15.9 Å². The number of carbonyl (C=O) groups is 1. The molecule has 1 aromatic rings. The number of nitrogens with one attached hydrogen (secondary N) is 1. The number of aromatic nitrogens is 1. The number of hydrogen-bond acceptors (Lipinski definition) is 3. The van der Waals surface area contributed by atoms with Crippen molar-refractivity contribution in [3.05, 3.63) is 22.9 Å². The smallest absolute Gasteiger partial charge is 0.260 e. The highest BCUT2D eigenvalue weighted by Crippen LogP contribution is 2.14. The van der Waals surface area contributed by atoms with Crippen LogP contribution in [0.2, 0.25) is 0 Å². The Morgan fingerprint density at radius 2 is 2.24 bits per heavy atom. The lowest BCUT2D eigenvalue weighted by Gasteiger charge is -2.17. The lowest BCUT2D eigenvalue weighted by molar-refractivity contribution is -0.127. The van der Waals surface area contributed by atoms with Crippen LogP contribution in [0.5, 0.6) is 5.75 Å². The summed E-state index contributed by atoms with van der Waals surface area (Å²) < 4.78 is 6.22. The molecule has 0 radical (unpaired) electrons. The van der Waals surface area contributed by atoms with Crippen molar-refractivity contribution in [2.75, 3.05) is 0 Å². The molecule has 0 saturated carbocycles. The number of carbonyl (C=O) groups excluding carboxylic acids is 1. The maximum atomic E-state index is 11.7. The van der Waals surface area contributed by atoms with E-state index in [1.807, 2.05) is 13.8 Å². The van der Waals surface area contributed by atoms with Crippen molar-refractivity contribution in [1.29, 1.82) is 0 Å². The van der Waals surface area contributed by atoms with Crippen LogP contribution in [0.4, 0.5) is 0 Å². The maximum absolute atomic E-state index is 11.7. The fourth-order valence-electron chi connectivity index (χ4n) is 1.15. The van der Waals surface area contributed by atoms with Crippen LogP contribution < -0.4 is 10.1 Å². The van der Waals surface area contributed by atoms with E-state index in [1.165, 1.54) is 0 Å². The first-order valence-corrected chi connectivity index (χ1v) is 6.40. The molecule has 0 saturated heterocycles. The van der Waals surface area contributed by atoms with E-state index in [-0.39, 0.29) is 11.9 Å². The zero-order chi connectivity index (χ0) is 12.8. The summed E-state index contributed by atoms with van der Waals surface area (Å²) >= 11 is 3.24. The summed E-state index contributed by atoms with van der Waals surface area (Å²) in [6.45, 7) is 5.71. The van der Waals surface area contributed by atoms with E-state index in [0.29, 0.717) is 5.75 Å². The molecule has 5 heteroatoms. The van der Waals surface area contributed by atoms with Gasteiger partial charge in [-0.2, -0.15) is 0 Å². The second-order valence-electron chi connectivity index (χ2n) is 3.89. The molecule has 17 heavy (non-hydrogen) atoms. The van der Waals surface area contributed by atoms with Crippen molar-refractivity contribution in [2.45, 2.75) is 39.3 Å². The van der Waals surface area contributed by atoms with Crippen LogP contribution in [0.3, 0.4) is 0 Å². The normalized spacial score (nSPS) is 13.9. The van der Waals surface area contributed by atoms with E-state index in [0.717, 1.165) is 11.0 Å². The molecule has 94 valence electrons. The molecule has 0 aliphatic carbocycles. The molecule has 0 aliphatic rings. The average Bonchev–Trinajstić information content (AvgIpc) is 2.31. The first kappa shape index (κ1) is 14.0. The molecule has 2 atom stereocenters. The van der Waals surface area contributed by atoms with Gasteiger partial charge in [-0.3, -0.25) is 4.79 Å². The summed E-state index contributed by atoms with van der Waals surface area (Å²) in [7, 11) is 0. The number of rotatable bonds is 5. The first-order valence-electron chi connectivity index (χ1n) is 5.61. The van der Waals surface area contributed by atoms with Gasteiger partial charge in [-0.25, -0.2) is 4.98 Å². The first-order chi connectivity index (χ1) is 8.02. The molecule has 1 amide bonds. The minimum atomic E-state index is -0.521. The third-order valence-corrected chi connectivity index (χ3v) is 2.85. The van der Waals surface area contributed by atoms with Crippen LogP contribution in [0.15, 0.2) is 22.9 Å². The zero-order valence-electron chi connectivity index (χ0n) is 10.2. The maximum Gasteiger partial charge on any atom is 0.260 e. The van der Waals surface area contributed by atoms with E-state index in [4.69, 9.17) is 4.74 Å². The van der Waals surface area contributed by atoms with Crippen LogP contribution in [0.25, 0.3) is 0 Å². The molecule has 0 aliphatic heterocycles. The van der Waals surface area contributed by atoms with E-state index in [9.17, 15) is 4.79 Å². The van der Waals surface area contributed by atoms with E-state index in [1.54, 1.807) is 25.3 Å². The standard InChI is InChI=1S/C12H17BrN2O2/c1-4-8(2)15-12(16)9(3)17-10-5-6-11(13)14-7-10/h5-9H,4H2,1-3H3,(H,15,16). The van der Waals surface area contributed by atoms with Gasteiger partial charge in [-0.1, -0.05) is 6.92 Å². The summed E-state index contributed by atoms with van der Waals surface area (Å²) in [5.41, 5.74) is 0. The predicted octanol–water partition coefficient (Wildman–Crippen LogP) is 2.53. The number of pyridine rings is 1. The van der Waals surface area contributed by atoms with Crippen LogP contribution in [0, 0.1) is 0 Å².